The van der Waals surface area contributed by atoms with Gasteiger partial charge in [-0.1, -0.05) is 30.2 Å². The lowest BCUT2D eigenvalue weighted by Crippen LogP contribution is -2.35. The number of sulfonamides is 1. The molecule has 4 rings (SSSR count). The van der Waals surface area contributed by atoms with Gasteiger partial charge in [0.25, 0.3) is 5.91 Å². The molecule has 1 aromatic heterocycles. The molecule has 0 saturated carbocycles. The summed E-state index contributed by atoms with van der Waals surface area (Å²) >= 11 is 0. The van der Waals surface area contributed by atoms with E-state index in [-0.39, 0.29) is 10.8 Å². The standard InChI is InChI=1S/C25H27N3O3S/c1-18-6-7-19(2)23(16-18)21-10-13-24(26-17-21)27-25(29)20-8-11-22(12-9-20)32(30,31)28-14-4-3-5-15-28/h6-13,16-17H,3-5,14-15H2,1-2H3,(H,26,27,29). The summed E-state index contributed by atoms with van der Waals surface area (Å²) in [6.45, 7) is 5.20. The third kappa shape index (κ3) is 4.74. The Morgan fingerprint density at radius 1 is 0.938 bits per heavy atom. The molecule has 166 valence electrons. The highest BCUT2D eigenvalue weighted by Gasteiger charge is 2.26. The molecule has 0 radical (unpaired) electrons. The van der Waals surface area contributed by atoms with E-state index in [1.807, 2.05) is 13.0 Å². The molecule has 0 bridgehead atoms. The maximum absolute atomic E-state index is 12.8. The Kier molecular flexibility index (Phi) is 6.39. The molecule has 0 unspecified atom stereocenters. The molecular formula is C25H27N3O3S. The number of nitrogens with zero attached hydrogens (tertiary/aromatic N) is 2. The number of aryl methyl sites for hydroxylation is 2. The van der Waals surface area contributed by atoms with Crippen molar-refractivity contribution in [2.24, 2.45) is 0 Å². The zero-order valence-corrected chi connectivity index (χ0v) is 19.2. The normalized spacial score (nSPS) is 14.8. The minimum absolute atomic E-state index is 0.215. The zero-order valence-electron chi connectivity index (χ0n) is 18.3. The molecule has 0 atom stereocenters. The van der Waals surface area contributed by atoms with Crippen LogP contribution in [0.15, 0.2) is 65.7 Å². The highest BCUT2D eigenvalue weighted by molar-refractivity contribution is 7.89. The maximum atomic E-state index is 12.8. The van der Waals surface area contributed by atoms with Crippen LogP contribution in [0.4, 0.5) is 5.82 Å². The number of carbonyl (C=O) groups is 1. The highest BCUT2D eigenvalue weighted by Crippen LogP contribution is 2.25. The fourth-order valence-electron chi connectivity index (χ4n) is 3.90. The lowest BCUT2D eigenvalue weighted by molar-refractivity contribution is 0.102. The molecule has 1 aliphatic heterocycles. The predicted octanol–water partition coefficient (Wildman–Crippen LogP) is 4.79. The van der Waals surface area contributed by atoms with Crippen LogP contribution < -0.4 is 5.32 Å². The van der Waals surface area contributed by atoms with Gasteiger partial charge < -0.3 is 5.32 Å². The summed E-state index contributed by atoms with van der Waals surface area (Å²) in [5, 5.41) is 2.77. The van der Waals surface area contributed by atoms with Gasteiger partial charge in [0, 0.05) is 30.4 Å². The van der Waals surface area contributed by atoms with E-state index < -0.39 is 10.0 Å². The first-order valence-corrected chi connectivity index (χ1v) is 12.2. The van der Waals surface area contributed by atoms with Crippen molar-refractivity contribution < 1.29 is 13.2 Å². The van der Waals surface area contributed by atoms with Crippen LogP contribution in [0, 0.1) is 13.8 Å². The van der Waals surface area contributed by atoms with Gasteiger partial charge in [0.1, 0.15) is 5.82 Å². The van der Waals surface area contributed by atoms with Crippen molar-refractivity contribution in [2.45, 2.75) is 38.0 Å². The van der Waals surface area contributed by atoms with E-state index in [9.17, 15) is 13.2 Å². The lowest BCUT2D eigenvalue weighted by Gasteiger charge is -2.25. The Balaban J connectivity index is 1.45. The third-order valence-electron chi connectivity index (χ3n) is 5.78. The summed E-state index contributed by atoms with van der Waals surface area (Å²) in [7, 11) is -3.51. The van der Waals surface area contributed by atoms with Gasteiger partial charge in [0.2, 0.25) is 10.0 Å². The van der Waals surface area contributed by atoms with Gasteiger partial charge in [0.05, 0.1) is 4.90 Å². The number of hydrogen-bond donors (Lipinski definition) is 1. The second-order valence-electron chi connectivity index (χ2n) is 8.19. The van der Waals surface area contributed by atoms with Crippen LogP contribution >= 0.6 is 0 Å². The van der Waals surface area contributed by atoms with Crippen molar-refractivity contribution in [2.75, 3.05) is 18.4 Å². The van der Waals surface area contributed by atoms with Crippen molar-refractivity contribution in [1.29, 1.82) is 0 Å². The van der Waals surface area contributed by atoms with E-state index in [2.05, 4.69) is 35.4 Å². The fourth-order valence-corrected chi connectivity index (χ4v) is 5.41. The zero-order chi connectivity index (χ0) is 22.7. The monoisotopic (exact) mass is 449 g/mol. The van der Waals surface area contributed by atoms with E-state index in [0.717, 1.165) is 36.0 Å². The molecule has 0 spiro atoms. The Morgan fingerprint density at radius 3 is 2.31 bits per heavy atom. The summed E-state index contributed by atoms with van der Waals surface area (Å²) in [5.41, 5.74) is 4.81. The third-order valence-corrected chi connectivity index (χ3v) is 7.69. The first-order valence-electron chi connectivity index (χ1n) is 10.8. The van der Waals surface area contributed by atoms with E-state index in [1.54, 1.807) is 12.3 Å². The molecule has 3 aromatic rings. The quantitative estimate of drug-likeness (QED) is 0.607. The molecule has 6 nitrogen and oxygen atoms in total. The largest absolute Gasteiger partial charge is 0.307 e. The Hall–Kier alpha value is -3.03. The average molecular weight is 450 g/mol. The van der Waals surface area contributed by atoms with E-state index in [4.69, 9.17) is 0 Å². The minimum Gasteiger partial charge on any atom is -0.307 e. The molecular weight excluding hydrogens is 422 g/mol. The topological polar surface area (TPSA) is 79.4 Å². The van der Waals surface area contributed by atoms with Crippen molar-refractivity contribution in [3.8, 4) is 11.1 Å². The molecule has 1 aliphatic rings. The summed E-state index contributed by atoms with van der Waals surface area (Å²) in [5.74, 6) is 0.105. The van der Waals surface area contributed by atoms with Crippen LogP contribution in [-0.2, 0) is 10.0 Å². The van der Waals surface area contributed by atoms with Gasteiger partial charge in [-0.3, -0.25) is 4.79 Å². The van der Waals surface area contributed by atoms with Gasteiger partial charge in [-0.25, -0.2) is 13.4 Å². The summed E-state index contributed by atoms with van der Waals surface area (Å²) in [6, 6.07) is 16.0. The number of piperidine rings is 1. The number of hydrogen-bond acceptors (Lipinski definition) is 4. The fraction of sp³-hybridized carbons (Fsp3) is 0.280. The molecule has 2 aromatic carbocycles. The molecule has 1 N–H and O–H groups in total. The van der Waals surface area contributed by atoms with Gasteiger partial charge in [-0.15, -0.1) is 0 Å². The highest BCUT2D eigenvalue weighted by atomic mass is 32.2. The van der Waals surface area contributed by atoms with E-state index in [1.165, 1.54) is 34.1 Å². The van der Waals surface area contributed by atoms with Crippen molar-refractivity contribution in [3.63, 3.8) is 0 Å². The van der Waals surface area contributed by atoms with Crippen LogP contribution in [0.2, 0.25) is 0 Å². The van der Waals surface area contributed by atoms with Crippen LogP contribution in [0.5, 0.6) is 0 Å². The number of pyridine rings is 1. The van der Waals surface area contributed by atoms with Crippen molar-refractivity contribution in [3.05, 3.63) is 77.5 Å². The van der Waals surface area contributed by atoms with Crippen LogP contribution in [-0.4, -0.2) is 36.7 Å². The lowest BCUT2D eigenvalue weighted by atomic mass is 10.00. The van der Waals surface area contributed by atoms with Crippen molar-refractivity contribution >= 4 is 21.7 Å². The first-order chi connectivity index (χ1) is 15.3. The minimum atomic E-state index is -3.51. The van der Waals surface area contributed by atoms with E-state index >= 15 is 0 Å². The van der Waals surface area contributed by atoms with Gasteiger partial charge in [-0.05, 0) is 74.2 Å². The molecule has 0 aliphatic carbocycles. The SMILES string of the molecule is Cc1ccc(C)c(-c2ccc(NC(=O)c3ccc(S(=O)(=O)N4CCCCC4)cc3)nc2)c1. The summed E-state index contributed by atoms with van der Waals surface area (Å²) in [4.78, 5) is 17.2. The maximum Gasteiger partial charge on any atom is 0.256 e. The van der Waals surface area contributed by atoms with Crippen LogP contribution in [0.3, 0.4) is 0 Å². The second-order valence-corrected chi connectivity index (χ2v) is 10.1. The van der Waals surface area contributed by atoms with Gasteiger partial charge in [-0.2, -0.15) is 4.31 Å². The van der Waals surface area contributed by atoms with Gasteiger partial charge in [0.15, 0.2) is 0 Å². The number of aromatic nitrogens is 1. The Bertz CT molecular complexity index is 1210. The van der Waals surface area contributed by atoms with Crippen molar-refractivity contribution in [1.82, 2.24) is 9.29 Å². The Morgan fingerprint density at radius 2 is 1.66 bits per heavy atom. The molecule has 1 amide bonds. The van der Waals surface area contributed by atoms with Gasteiger partial charge >= 0.3 is 0 Å². The second kappa shape index (κ2) is 9.22. The van der Waals surface area contributed by atoms with E-state index in [0.29, 0.717) is 24.5 Å². The predicted molar refractivity (Wildman–Crippen MR) is 126 cm³/mol. The first kappa shape index (κ1) is 22.2. The smallest absolute Gasteiger partial charge is 0.256 e. The molecule has 1 saturated heterocycles. The number of amides is 1. The van der Waals surface area contributed by atoms with Crippen LogP contribution in [0.1, 0.15) is 40.7 Å². The molecule has 2 heterocycles. The number of anilines is 1. The summed E-state index contributed by atoms with van der Waals surface area (Å²) in [6.07, 6.45) is 4.57. The number of nitrogens with one attached hydrogen (secondary N) is 1. The molecule has 32 heavy (non-hydrogen) atoms. The number of carbonyl (C=O) groups excluding carboxylic acids is 1. The summed E-state index contributed by atoms with van der Waals surface area (Å²) < 4.78 is 27.1. The number of benzene rings is 2. The average Bonchev–Trinajstić information content (AvgIpc) is 2.82. The van der Waals surface area contributed by atoms with Crippen LogP contribution in [0.25, 0.3) is 11.1 Å². The Labute approximate surface area is 189 Å². The molecule has 1 fully saturated rings. The number of rotatable bonds is 5. The molecule has 7 heteroatoms.